The minimum Gasteiger partial charge on any atom is -0.386 e. The maximum Gasteiger partial charge on any atom is 0.232 e. The normalized spacial score (nSPS) is 17.9. The number of aliphatic hydroxyl groups is 1. The second-order valence-corrected chi connectivity index (χ2v) is 7.90. The molecular formula is C20H24FN3O4S. The molecule has 29 heavy (non-hydrogen) atoms. The van der Waals surface area contributed by atoms with Crippen LogP contribution in [0.25, 0.3) is 11.1 Å². The number of benzene rings is 1. The molecule has 1 aromatic carbocycles. The Kier molecular flexibility index (Phi) is 7.07. The van der Waals surface area contributed by atoms with Crippen LogP contribution in [0.3, 0.4) is 0 Å². The number of aromatic nitrogens is 1. The number of hydrogen-bond donors (Lipinski definition) is 4. The van der Waals surface area contributed by atoms with Crippen LogP contribution >= 0.6 is 0 Å². The second-order valence-electron chi connectivity index (χ2n) is 7.17. The van der Waals surface area contributed by atoms with E-state index < -0.39 is 30.1 Å². The molecule has 1 heterocycles. The molecule has 1 amide bonds. The molecule has 7 nitrogen and oxygen atoms in total. The first-order valence-electron chi connectivity index (χ1n) is 9.36. The lowest BCUT2D eigenvalue weighted by Gasteiger charge is -2.22. The van der Waals surface area contributed by atoms with Gasteiger partial charge in [-0.3, -0.25) is 14.3 Å². The van der Waals surface area contributed by atoms with Crippen LogP contribution in [0.2, 0.25) is 0 Å². The van der Waals surface area contributed by atoms with Gasteiger partial charge in [0.2, 0.25) is 17.2 Å². The topological polar surface area (TPSA) is 112 Å². The van der Waals surface area contributed by atoms with E-state index in [4.69, 9.17) is 4.55 Å². The molecule has 156 valence electrons. The minimum atomic E-state index is -2.12. The van der Waals surface area contributed by atoms with Crippen molar-refractivity contribution in [3.8, 4) is 11.1 Å². The van der Waals surface area contributed by atoms with Crippen molar-refractivity contribution in [3.63, 3.8) is 0 Å². The van der Waals surface area contributed by atoms with Crippen LogP contribution in [-0.4, -0.2) is 37.5 Å². The average Bonchev–Trinajstić information content (AvgIpc) is 3.56. The summed E-state index contributed by atoms with van der Waals surface area (Å²) in [5, 5.41) is 13.0. The van der Waals surface area contributed by atoms with Gasteiger partial charge in [-0.25, -0.2) is 13.3 Å². The van der Waals surface area contributed by atoms with Crippen molar-refractivity contribution in [2.24, 2.45) is 5.92 Å². The van der Waals surface area contributed by atoms with Crippen LogP contribution < -0.4 is 10.0 Å². The number of aliphatic hydroxyl groups excluding tert-OH is 1. The van der Waals surface area contributed by atoms with E-state index in [-0.39, 0.29) is 17.9 Å². The van der Waals surface area contributed by atoms with E-state index in [1.807, 2.05) is 6.07 Å². The Bertz CT molecular complexity index is 859. The lowest BCUT2D eigenvalue weighted by molar-refractivity contribution is -0.124. The summed E-state index contributed by atoms with van der Waals surface area (Å²) in [7, 11) is 0. The highest BCUT2D eigenvalue weighted by atomic mass is 32.2. The Labute approximate surface area is 171 Å². The van der Waals surface area contributed by atoms with E-state index in [2.05, 4.69) is 15.0 Å². The largest absolute Gasteiger partial charge is 0.386 e. The Balaban J connectivity index is 1.67. The summed E-state index contributed by atoms with van der Waals surface area (Å²) in [5.74, 6) is -0.257. The van der Waals surface area contributed by atoms with Gasteiger partial charge in [0.25, 0.3) is 0 Å². The number of alkyl halides is 1. The molecule has 0 saturated heterocycles. The second kappa shape index (κ2) is 9.53. The van der Waals surface area contributed by atoms with Gasteiger partial charge in [0.05, 0.1) is 17.8 Å². The Morgan fingerprint density at radius 2 is 1.90 bits per heavy atom. The first-order valence-corrected chi connectivity index (χ1v) is 10.5. The zero-order chi connectivity index (χ0) is 21.0. The number of amides is 1. The number of carbonyl (C=O) groups excluding carboxylic acids is 1. The van der Waals surface area contributed by atoms with Gasteiger partial charge in [-0.15, -0.1) is 0 Å². The molecule has 3 rings (SSSR count). The molecule has 4 atom stereocenters. The van der Waals surface area contributed by atoms with Crippen LogP contribution in [-0.2, 0) is 16.1 Å². The third-order valence-corrected chi connectivity index (χ3v) is 5.47. The van der Waals surface area contributed by atoms with Gasteiger partial charge < -0.3 is 10.4 Å². The maximum atomic E-state index is 13.3. The molecule has 1 saturated carbocycles. The quantitative estimate of drug-likeness (QED) is 0.465. The molecule has 0 radical (unpaired) electrons. The van der Waals surface area contributed by atoms with Crippen LogP contribution in [0, 0.1) is 5.92 Å². The molecule has 0 bridgehead atoms. The van der Waals surface area contributed by atoms with E-state index in [1.54, 1.807) is 43.5 Å². The summed E-state index contributed by atoms with van der Waals surface area (Å²) in [6.45, 7) is 0.882. The first kappa shape index (κ1) is 21.5. The number of carbonyl (C=O) groups is 1. The van der Waals surface area contributed by atoms with Gasteiger partial charge >= 0.3 is 0 Å². The minimum absolute atomic E-state index is 0.0515. The molecule has 4 N–H and O–H groups in total. The maximum absolute atomic E-state index is 13.3. The molecule has 9 heteroatoms. The number of halogens is 1. The van der Waals surface area contributed by atoms with Gasteiger partial charge in [0.1, 0.15) is 12.8 Å². The summed E-state index contributed by atoms with van der Waals surface area (Å²) < 4.78 is 35.5. The third-order valence-electron chi connectivity index (χ3n) is 4.92. The highest BCUT2D eigenvalue weighted by Gasteiger charge is 2.33. The van der Waals surface area contributed by atoms with Crippen molar-refractivity contribution < 1.29 is 23.1 Å². The van der Waals surface area contributed by atoms with Gasteiger partial charge in [0.15, 0.2) is 0 Å². The molecule has 1 fully saturated rings. The number of nitrogens with zero attached hydrogens (tertiary/aromatic N) is 1. The fourth-order valence-corrected chi connectivity index (χ4v) is 3.42. The van der Waals surface area contributed by atoms with Gasteiger partial charge in [-0.2, -0.15) is 0 Å². The molecule has 1 aromatic heterocycles. The smallest absolute Gasteiger partial charge is 0.232 e. The molecule has 2 aromatic rings. The van der Waals surface area contributed by atoms with Gasteiger partial charge in [-0.1, -0.05) is 30.3 Å². The Morgan fingerprint density at radius 3 is 2.41 bits per heavy atom. The number of rotatable bonds is 9. The molecule has 0 aliphatic heterocycles. The number of nitrogens with one attached hydrogen (secondary N) is 2. The van der Waals surface area contributed by atoms with E-state index in [1.165, 1.54) is 0 Å². The summed E-state index contributed by atoms with van der Waals surface area (Å²) in [5.41, 5.74) is 2.82. The van der Waals surface area contributed by atoms with Crippen molar-refractivity contribution in [2.45, 2.75) is 38.0 Å². The fraction of sp³-hybridized carbons (Fsp3) is 0.400. The van der Waals surface area contributed by atoms with Gasteiger partial charge in [-0.05, 0) is 37.0 Å². The molecule has 0 spiro atoms. The zero-order valence-corrected chi connectivity index (χ0v) is 16.7. The Morgan fingerprint density at radius 1 is 1.24 bits per heavy atom. The van der Waals surface area contributed by atoms with E-state index in [0.717, 1.165) is 24.0 Å². The third kappa shape index (κ3) is 5.66. The highest BCUT2D eigenvalue weighted by molar-refractivity contribution is 7.77. The van der Waals surface area contributed by atoms with Gasteiger partial charge in [0, 0.05) is 17.7 Å². The van der Waals surface area contributed by atoms with E-state index in [9.17, 15) is 18.5 Å². The lowest BCUT2D eigenvalue weighted by atomic mass is 9.99. The van der Waals surface area contributed by atoms with Crippen LogP contribution in [0.1, 0.15) is 43.2 Å². The SMILES string of the molecule is CC(NS(=O)O)c1ccc(-c2ccc([C@@H](O)[C@@H](CF)NC(=O)C3CC3)cc2)cn1. The van der Waals surface area contributed by atoms with Crippen LogP contribution in [0.4, 0.5) is 4.39 Å². The lowest BCUT2D eigenvalue weighted by Crippen LogP contribution is -2.41. The Hall–Kier alpha value is -2.20. The van der Waals surface area contributed by atoms with E-state index >= 15 is 0 Å². The standard InChI is InChI=1S/C20H24FN3O4S/c1-12(24-29(27)28)17-9-8-16(11-22-17)13-2-4-14(5-3-13)19(25)18(10-21)23-20(26)15-6-7-15/h2-5,8-9,11-12,15,18-19,24-25H,6-7,10H2,1H3,(H,23,26)(H,27,28)/t12?,18-,19-/m1/s1. The molecular weight excluding hydrogens is 397 g/mol. The van der Waals surface area contributed by atoms with Crippen LogP contribution in [0.5, 0.6) is 0 Å². The fourth-order valence-electron chi connectivity index (χ4n) is 3.00. The predicted octanol–water partition coefficient (Wildman–Crippen LogP) is 2.43. The predicted molar refractivity (Wildman–Crippen MR) is 108 cm³/mol. The van der Waals surface area contributed by atoms with Crippen molar-refractivity contribution in [1.29, 1.82) is 0 Å². The van der Waals surface area contributed by atoms with Crippen LogP contribution in [0.15, 0.2) is 42.6 Å². The van der Waals surface area contributed by atoms with Crippen molar-refractivity contribution >= 4 is 17.2 Å². The first-order chi connectivity index (χ1) is 13.9. The average molecular weight is 421 g/mol. The van der Waals surface area contributed by atoms with E-state index in [0.29, 0.717) is 11.3 Å². The molecule has 1 aliphatic rings. The summed E-state index contributed by atoms with van der Waals surface area (Å²) >= 11 is -2.12. The monoisotopic (exact) mass is 421 g/mol. The van der Waals surface area contributed by atoms with Crippen molar-refractivity contribution in [2.75, 3.05) is 6.67 Å². The summed E-state index contributed by atoms with van der Waals surface area (Å²) in [4.78, 5) is 16.2. The number of hydrogen-bond acceptors (Lipinski definition) is 4. The van der Waals surface area contributed by atoms with Crippen molar-refractivity contribution in [1.82, 2.24) is 15.0 Å². The van der Waals surface area contributed by atoms with Crippen molar-refractivity contribution in [3.05, 3.63) is 53.9 Å². The summed E-state index contributed by atoms with van der Waals surface area (Å²) in [6, 6.07) is 9.21. The number of pyridine rings is 1. The summed E-state index contributed by atoms with van der Waals surface area (Å²) in [6.07, 6.45) is 2.15. The zero-order valence-electron chi connectivity index (χ0n) is 15.9. The highest BCUT2D eigenvalue weighted by Crippen LogP contribution is 2.30. The molecule has 2 unspecified atom stereocenters. The molecule has 1 aliphatic carbocycles.